The second-order valence-electron chi connectivity index (χ2n) is 4.87. The summed E-state index contributed by atoms with van der Waals surface area (Å²) in [6.45, 7) is 0.999. The number of aliphatic hydroxyl groups is 1. The van der Waals surface area contributed by atoms with Crippen molar-refractivity contribution in [3.8, 4) is 11.3 Å². The van der Waals surface area contributed by atoms with Crippen molar-refractivity contribution < 1.29 is 14.4 Å². The number of piperidine rings is 1. The molecule has 2 aromatic rings. The number of hydrogen-bond acceptors (Lipinski definition) is 5. The van der Waals surface area contributed by atoms with E-state index in [0.29, 0.717) is 18.8 Å². The highest BCUT2D eigenvalue weighted by Gasteiger charge is 2.25. The Balaban J connectivity index is 1.78. The standard InChI is InChI=1S/C14H15N3O3/c18-11-4-2-6-17(9-11)14(19)12-7-13(20-16-12)10-3-1-5-15-8-10/h1,3,5,7-8,11,18H,2,4,6,9H2. The molecule has 104 valence electrons. The molecule has 1 unspecified atom stereocenters. The van der Waals surface area contributed by atoms with E-state index < -0.39 is 6.10 Å². The van der Waals surface area contributed by atoms with Gasteiger partial charge in [-0.25, -0.2) is 0 Å². The Morgan fingerprint density at radius 2 is 2.40 bits per heavy atom. The Hall–Kier alpha value is -2.21. The number of rotatable bonds is 2. The van der Waals surface area contributed by atoms with Crippen LogP contribution in [0.3, 0.4) is 0 Å². The van der Waals surface area contributed by atoms with Gasteiger partial charge in [-0.1, -0.05) is 5.16 Å². The minimum Gasteiger partial charge on any atom is -0.391 e. The normalized spacial score (nSPS) is 19.1. The maximum absolute atomic E-state index is 12.3. The van der Waals surface area contributed by atoms with Gasteiger partial charge in [-0.3, -0.25) is 9.78 Å². The van der Waals surface area contributed by atoms with E-state index in [1.807, 2.05) is 6.07 Å². The fourth-order valence-corrected chi connectivity index (χ4v) is 2.32. The molecule has 20 heavy (non-hydrogen) atoms. The predicted molar refractivity (Wildman–Crippen MR) is 70.9 cm³/mol. The molecule has 2 aromatic heterocycles. The van der Waals surface area contributed by atoms with E-state index in [1.165, 1.54) is 0 Å². The Labute approximate surface area is 116 Å². The zero-order valence-corrected chi connectivity index (χ0v) is 10.9. The molecule has 1 fully saturated rings. The quantitative estimate of drug-likeness (QED) is 0.893. The molecule has 0 radical (unpaired) electrons. The van der Waals surface area contributed by atoms with Gasteiger partial charge in [-0.2, -0.15) is 0 Å². The van der Waals surface area contributed by atoms with Gasteiger partial charge < -0.3 is 14.5 Å². The molecular weight excluding hydrogens is 258 g/mol. The van der Waals surface area contributed by atoms with Crippen LogP contribution >= 0.6 is 0 Å². The van der Waals surface area contributed by atoms with Crippen molar-refractivity contribution in [2.24, 2.45) is 0 Å². The Morgan fingerprint density at radius 1 is 1.50 bits per heavy atom. The van der Waals surface area contributed by atoms with E-state index in [2.05, 4.69) is 10.1 Å². The average molecular weight is 273 g/mol. The summed E-state index contributed by atoms with van der Waals surface area (Å²) in [5.74, 6) is 0.307. The van der Waals surface area contributed by atoms with E-state index in [4.69, 9.17) is 4.52 Å². The molecular formula is C14H15N3O3. The topological polar surface area (TPSA) is 79.5 Å². The van der Waals surface area contributed by atoms with Crippen molar-refractivity contribution in [3.63, 3.8) is 0 Å². The van der Waals surface area contributed by atoms with Crippen molar-refractivity contribution in [1.82, 2.24) is 15.0 Å². The van der Waals surface area contributed by atoms with Crippen LogP contribution in [0, 0.1) is 0 Å². The first-order chi connectivity index (χ1) is 9.74. The summed E-state index contributed by atoms with van der Waals surface area (Å²) in [7, 11) is 0. The number of nitrogens with zero attached hydrogens (tertiary/aromatic N) is 3. The lowest BCUT2D eigenvalue weighted by molar-refractivity contribution is 0.0465. The number of carbonyl (C=O) groups is 1. The summed E-state index contributed by atoms with van der Waals surface area (Å²) >= 11 is 0. The highest BCUT2D eigenvalue weighted by molar-refractivity contribution is 5.93. The second kappa shape index (κ2) is 5.42. The van der Waals surface area contributed by atoms with Crippen LogP contribution in [0.2, 0.25) is 0 Å². The lowest BCUT2D eigenvalue weighted by Gasteiger charge is -2.29. The molecule has 0 bridgehead atoms. The Kier molecular flexibility index (Phi) is 3.47. The largest absolute Gasteiger partial charge is 0.391 e. The number of β-amino-alcohol motifs (C(OH)–C–C–N with tert-alkyl or cyclic N) is 1. The van der Waals surface area contributed by atoms with Crippen LogP contribution in [0.25, 0.3) is 11.3 Å². The fraction of sp³-hybridized carbons (Fsp3) is 0.357. The van der Waals surface area contributed by atoms with Crippen molar-refractivity contribution in [2.75, 3.05) is 13.1 Å². The van der Waals surface area contributed by atoms with Gasteiger partial charge in [-0.15, -0.1) is 0 Å². The zero-order valence-electron chi connectivity index (χ0n) is 10.9. The average Bonchev–Trinajstić information content (AvgIpc) is 2.97. The number of pyridine rings is 1. The molecule has 1 aliphatic rings. The minimum absolute atomic E-state index is 0.206. The minimum atomic E-state index is -0.447. The SMILES string of the molecule is O=C(c1cc(-c2cccnc2)on1)N1CCCC(O)C1. The zero-order chi connectivity index (χ0) is 13.9. The van der Waals surface area contributed by atoms with Crippen LogP contribution in [0.5, 0.6) is 0 Å². The third kappa shape index (κ3) is 2.55. The smallest absolute Gasteiger partial charge is 0.276 e. The van der Waals surface area contributed by atoms with Gasteiger partial charge in [0.15, 0.2) is 11.5 Å². The highest BCUT2D eigenvalue weighted by Crippen LogP contribution is 2.20. The molecule has 6 heteroatoms. The molecule has 3 heterocycles. The number of aliphatic hydroxyl groups excluding tert-OH is 1. The number of amides is 1. The van der Waals surface area contributed by atoms with E-state index in [9.17, 15) is 9.90 Å². The van der Waals surface area contributed by atoms with Crippen molar-refractivity contribution in [1.29, 1.82) is 0 Å². The molecule has 1 amide bonds. The van der Waals surface area contributed by atoms with Gasteiger partial charge in [0, 0.05) is 37.1 Å². The molecule has 1 saturated heterocycles. The number of aromatic nitrogens is 2. The van der Waals surface area contributed by atoms with Crippen LogP contribution in [0.1, 0.15) is 23.3 Å². The number of hydrogen-bond donors (Lipinski definition) is 1. The monoisotopic (exact) mass is 273 g/mol. The van der Waals surface area contributed by atoms with Crippen molar-refractivity contribution in [2.45, 2.75) is 18.9 Å². The van der Waals surface area contributed by atoms with Gasteiger partial charge in [0.2, 0.25) is 0 Å². The first-order valence-corrected chi connectivity index (χ1v) is 6.58. The predicted octanol–water partition coefficient (Wildman–Crippen LogP) is 1.33. The summed E-state index contributed by atoms with van der Waals surface area (Å²) in [6, 6.07) is 5.24. The van der Waals surface area contributed by atoms with Crippen LogP contribution in [-0.4, -0.2) is 45.2 Å². The summed E-state index contributed by atoms with van der Waals surface area (Å²) in [5, 5.41) is 13.4. The summed E-state index contributed by atoms with van der Waals surface area (Å²) in [5.41, 5.74) is 1.04. The maximum atomic E-state index is 12.3. The third-order valence-electron chi connectivity index (χ3n) is 3.36. The first kappa shape index (κ1) is 12.8. The van der Waals surface area contributed by atoms with Crippen LogP contribution in [0.15, 0.2) is 35.1 Å². The summed E-state index contributed by atoms with van der Waals surface area (Å²) < 4.78 is 5.19. The molecule has 0 aliphatic carbocycles. The Morgan fingerprint density at radius 3 is 3.15 bits per heavy atom. The van der Waals surface area contributed by atoms with E-state index >= 15 is 0 Å². The molecule has 1 aliphatic heterocycles. The number of carbonyl (C=O) groups excluding carboxylic acids is 1. The second-order valence-corrected chi connectivity index (χ2v) is 4.87. The molecule has 0 spiro atoms. The molecule has 1 N–H and O–H groups in total. The summed E-state index contributed by atoms with van der Waals surface area (Å²) in [4.78, 5) is 17.9. The third-order valence-corrected chi connectivity index (χ3v) is 3.36. The molecule has 0 saturated carbocycles. The maximum Gasteiger partial charge on any atom is 0.276 e. The van der Waals surface area contributed by atoms with Gasteiger partial charge in [-0.05, 0) is 25.0 Å². The van der Waals surface area contributed by atoms with Gasteiger partial charge >= 0.3 is 0 Å². The fourth-order valence-electron chi connectivity index (χ4n) is 2.32. The lowest BCUT2D eigenvalue weighted by Crippen LogP contribution is -2.42. The van der Waals surface area contributed by atoms with Crippen LogP contribution < -0.4 is 0 Å². The highest BCUT2D eigenvalue weighted by atomic mass is 16.5. The molecule has 6 nitrogen and oxygen atoms in total. The van der Waals surface area contributed by atoms with Crippen molar-refractivity contribution >= 4 is 5.91 Å². The van der Waals surface area contributed by atoms with Crippen LogP contribution in [0.4, 0.5) is 0 Å². The molecule has 0 aromatic carbocycles. The van der Waals surface area contributed by atoms with Crippen molar-refractivity contribution in [3.05, 3.63) is 36.3 Å². The van der Waals surface area contributed by atoms with E-state index in [0.717, 1.165) is 18.4 Å². The Bertz CT molecular complexity index is 597. The van der Waals surface area contributed by atoms with Gasteiger partial charge in [0.1, 0.15) is 0 Å². The van der Waals surface area contributed by atoms with E-state index in [1.54, 1.807) is 29.4 Å². The molecule has 3 rings (SSSR count). The van der Waals surface area contributed by atoms with Gasteiger partial charge in [0.05, 0.1) is 6.10 Å². The van der Waals surface area contributed by atoms with Crippen LogP contribution in [-0.2, 0) is 0 Å². The summed E-state index contributed by atoms with van der Waals surface area (Å²) in [6.07, 6.45) is 4.42. The lowest BCUT2D eigenvalue weighted by atomic mass is 10.1. The first-order valence-electron chi connectivity index (χ1n) is 6.58. The number of likely N-dealkylation sites (tertiary alicyclic amines) is 1. The van der Waals surface area contributed by atoms with E-state index in [-0.39, 0.29) is 11.6 Å². The van der Waals surface area contributed by atoms with Gasteiger partial charge in [0.25, 0.3) is 5.91 Å². The molecule has 1 atom stereocenters.